The van der Waals surface area contributed by atoms with Gasteiger partial charge in [-0.05, 0) is 12.1 Å². The topological polar surface area (TPSA) is 97.5 Å². The third kappa shape index (κ3) is 1.62. The van der Waals surface area contributed by atoms with Gasteiger partial charge in [-0.15, -0.1) is 0 Å². The molecule has 0 amide bonds. The van der Waals surface area contributed by atoms with E-state index in [1.165, 1.54) is 18.2 Å². The second kappa shape index (κ2) is 4.36. The first-order valence-electron chi connectivity index (χ1n) is 5.74. The van der Waals surface area contributed by atoms with Crippen molar-refractivity contribution in [3.05, 3.63) is 58.7 Å². The number of rotatable bonds is 1. The number of hydrogen-bond acceptors (Lipinski definition) is 4. The molecule has 1 unspecified atom stereocenters. The van der Waals surface area contributed by atoms with E-state index in [0.717, 1.165) is 0 Å². The molecule has 1 aliphatic carbocycles. The minimum Gasteiger partial charge on any atom is -0.398 e. The average Bonchev–Trinajstić information content (AvgIpc) is 2.44. The first-order valence-corrected chi connectivity index (χ1v) is 6.85. The highest BCUT2D eigenvalue weighted by molar-refractivity contribution is 7.79. The summed E-state index contributed by atoms with van der Waals surface area (Å²) in [6.07, 6.45) is 0. The Morgan fingerprint density at radius 1 is 0.900 bits per heavy atom. The first-order chi connectivity index (χ1) is 9.52. The Morgan fingerprint density at radius 3 is 2.00 bits per heavy atom. The Bertz CT molecular complexity index is 798. The fourth-order valence-electron chi connectivity index (χ4n) is 2.36. The van der Waals surface area contributed by atoms with Crippen molar-refractivity contribution in [1.29, 1.82) is 0 Å². The Morgan fingerprint density at radius 2 is 1.45 bits per heavy atom. The van der Waals surface area contributed by atoms with Crippen LogP contribution in [-0.4, -0.2) is 20.3 Å². The van der Waals surface area contributed by atoms with Crippen LogP contribution < -0.4 is 5.73 Å². The maximum Gasteiger partial charge on any atom is 0.196 e. The predicted molar refractivity (Wildman–Crippen MR) is 73.2 cm³/mol. The lowest BCUT2D eigenvalue weighted by Crippen LogP contribution is -2.24. The molecule has 2 aromatic carbocycles. The van der Waals surface area contributed by atoms with Crippen LogP contribution >= 0.6 is 0 Å². The van der Waals surface area contributed by atoms with E-state index in [9.17, 15) is 18.4 Å². The quantitative estimate of drug-likeness (QED) is 0.523. The summed E-state index contributed by atoms with van der Waals surface area (Å²) in [6, 6.07) is 9.01. The summed E-state index contributed by atoms with van der Waals surface area (Å²) in [5, 5.41) is 0. The van der Waals surface area contributed by atoms with Gasteiger partial charge in [0.1, 0.15) is 0 Å². The molecule has 3 N–H and O–H groups in total. The van der Waals surface area contributed by atoms with Crippen molar-refractivity contribution in [2.45, 2.75) is 4.90 Å². The summed E-state index contributed by atoms with van der Waals surface area (Å²) < 4.78 is 20.6. The number of hydrogen-bond donors (Lipinski definition) is 2. The monoisotopic (exact) mass is 287 g/mol. The Balaban J connectivity index is 2.41. The number of carbonyl (C=O) groups excluding carboxylic acids is 2. The van der Waals surface area contributed by atoms with Gasteiger partial charge in [0.15, 0.2) is 22.6 Å². The van der Waals surface area contributed by atoms with Crippen LogP contribution in [0.5, 0.6) is 0 Å². The fraction of sp³-hybridized carbons (Fsp3) is 0. The van der Waals surface area contributed by atoms with Gasteiger partial charge >= 0.3 is 0 Å². The zero-order chi connectivity index (χ0) is 14.4. The molecule has 0 aromatic heterocycles. The predicted octanol–water partition coefficient (Wildman–Crippen LogP) is 1.62. The fourth-order valence-corrected chi connectivity index (χ4v) is 2.92. The number of anilines is 1. The number of carbonyl (C=O) groups is 2. The SMILES string of the molecule is Nc1ccc(S(=O)O)c2c1C(=O)c1ccccc1C2=O. The summed E-state index contributed by atoms with van der Waals surface area (Å²) in [6.45, 7) is 0. The van der Waals surface area contributed by atoms with Crippen molar-refractivity contribution in [2.75, 3.05) is 5.73 Å². The van der Waals surface area contributed by atoms with E-state index in [1.54, 1.807) is 18.2 Å². The van der Waals surface area contributed by atoms with E-state index in [0.29, 0.717) is 0 Å². The van der Waals surface area contributed by atoms with Gasteiger partial charge in [0, 0.05) is 16.8 Å². The van der Waals surface area contributed by atoms with Crippen molar-refractivity contribution in [3.8, 4) is 0 Å². The van der Waals surface area contributed by atoms with E-state index < -0.39 is 22.6 Å². The minimum absolute atomic E-state index is 0.00796. The highest BCUT2D eigenvalue weighted by atomic mass is 32.2. The zero-order valence-electron chi connectivity index (χ0n) is 10.1. The number of nitrogen functional groups attached to an aromatic ring is 1. The van der Waals surface area contributed by atoms with E-state index in [1.807, 2.05) is 0 Å². The molecule has 0 radical (unpaired) electrons. The molecule has 0 aliphatic heterocycles. The molecule has 1 atom stereocenters. The van der Waals surface area contributed by atoms with Gasteiger partial charge in [-0.2, -0.15) is 0 Å². The number of benzene rings is 2. The van der Waals surface area contributed by atoms with E-state index in [2.05, 4.69) is 0 Å². The van der Waals surface area contributed by atoms with Crippen molar-refractivity contribution < 1.29 is 18.4 Å². The third-order valence-corrected chi connectivity index (χ3v) is 3.97. The minimum atomic E-state index is -2.37. The lowest BCUT2D eigenvalue weighted by molar-refractivity contribution is 0.0977. The molecule has 0 heterocycles. The number of nitrogens with two attached hydrogens (primary N) is 1. The van der Waals surface area contributed by atoms with Gasteiger partial charge in [-0.3, -0.25) is 9.59 Å². The lowest BCUT2D eigenvalue weighted by Gasteiger charge is -2.20. The van der Waals surface area contributed by atoms with Crippen LogP contribution in [0, 0.1) is 0 Å². The molecule has 0 saturated carbocycles. The van der Waals surface area contributed by atoms with E-state index >= 15 is 0 Å². The highest BCUT2D eigenvalue weighted by Crippen LogP contribution is 2.33. The molecular weight excluding hydrogens is 278 g/mol. The van der Waals surface area contributed by atoms with Crippen LogP contribution in [0.25, 0.3) is 0 Å². The molecule has 0 spiro atoms. The molecule has 2 aromatic rings. The standard InChI is InChI=1S/C14H9NO4S/c15-9-5-6-10(20(18)19)12-11(9)13(16)7-3-1-2-4-8(7)14(12)17/h1-6H,15H2,(H,18,19). The van der Waals surface area contributed by atoms with Crippen molar-refractivity contribution in [1.82, 2.24) is 0 Å². The second-order valence-electron chi connectivity index (χ2n) is 4.36. The summed E-state index contributed by atoms with van der Waals surface area (Å²) in [5.74, 6) is -0.861. The normalized spacial score (nSPS) is 14.7. The molecule has 100 valence electrons. The maximum atomic E-state index is 12.5. The van der Waals surface area contributed by atoms with Crippen LogP contribution in [0.3, 0.4) is 0 Å². The number of ketones is 2. The van der Waals surface area contributed by atoms with Gasteiger partial charge in [-0.1, -0.05) is 24.3 Å². The third-order valence-electron chi connectivity index (χ3n) is 3.26. The van der Waals surface area contributed by atoms with Gasteiger partial charge in [0.25, 0.3) is 0 Å². The maximum absolute atomic E-state index is 12.5. The summed E-state index contributed by atoms with van der Waals surface area (Å²) in [7, 11) is 0. The molecule has 20 heavy (non-hydrogen) atoms. The van der Waals surface area contributed by atoms with Gasteiger partial charge in [-0.25, -0.2) is 4.21 Å². The van der Waals surface area contributed by atoms with Crippen molar-refractivity contribution in [3.63, 3.8) is 0 Å². The second-order valence-corrected chi connectivity index (χ2v) is 5.29. The van der Waals surface area contributed by atoms with Gasteiger partial charge < -0.3 is 10.3 Å². The molecule has 6 heteroatoms. The summed E-state index contributed by atoms with van der Waals surface area (Å²) in [4.78, 5) is 24.8. The van der Waals surface area contributed by atoms with Crippen LogP contribution in [0.15, 0.2) is 41.3 Å². The van der Waals surface area contributed by atoms with Crippen LogP contribution in [0.1, 0.15) is 31.8 Å². The van der Waals surface area contributed by atoms with Crippen LogP contribution in [0.4, 0.5) is 5.69 Å². The van der Waals surface area contributed by atoms with Crippen molar-refractivity contribution in [2.24, 2.45) is 0 Å². The average molecular weight is 287 g/mol. The zero-order valence-corrected chi connectivity index (χ0v) is 10.9. The molecular formula is C14H9NO4S. The van der Waals surface area contributed by atoms with Crippen molar-refractivity contribution >= 4 is 28.3 Å². The Kier molecular flexibility index (Phi) is 2.77. The first kappa shape index (κ1) is 12.7. The van der Waals surface area contributed by atoms with Gasteiger partial charge in [0.2, 0.25) is 0 Å². The van der Waals surface area contributed by atoms with Crippen LogP contribution in [0.2, 0.25) is 0 Å². The Hall–Kier alpha value is -2.31. The molecule has 0 bridgehead atoms. The molecule has 3 rings (SSSR count). The lowest BCUT2D eigenvalue weighted by atomic mass is 9.83. The number of fused-ring (bicyclic) bond motifs is 2. The molecule has 5 nitrogen and oxygen atoms in total. The largest absolute Gasteiger partial charge is 0.398 e. The molecule has 1 aliphatic rings. The Labute approximate surface area is 116 Å². The summed E-state index contributed by atoms with van der Waals surface area (Å²) in [5.41, 5.74) is 6.31. The van der Waals surface area contributed by atoms with E-state index in [4.69, 9.17) is 5.73 Å². The molecule has 0 saturated heterocycles. The summed E-state index contributed by atoms with van der Waals surface area (Å²) >= 11 is -2.37. The highest BCUT2D eigenvalue weighted by Gasteiger charge is 2.34. The molecule has 0 fully saturated rings. The van der Waals surface area contributed by atoms with Gasteiger partial charge in [0.05, 0.1) is 16.0 Å². The van der Waals surface area contributed by atoms with Crippen LogP contribution in [-0.2, 0) is 11.1 Å². The smallest absolute Gasteiger partial charge is 0.196 e. The van der Waals surface area contributed by atoms with E-state index in [-0.39, 0.29) is 32.8 Å².